The second kappa shape index (κ2) is 22.4. The molecule has 0 spiro atoms. The van der Waals surface area contributed by atoms with Crippen molar-refractivity contribution in [2.75, 3.05) is 49.2 Å². The first-order valence-electron chi connectivity index (χ1n) is 25.7. The minimum Gasteiger partial charge on any atom is -0.779 e. The maximum Gasteiger partial charge on any atom is 0.108 e. The van der Waals surface area contributed by atoms with Crippen molar-refractivity contribution in [3.8, 4) is 0 Å². The topological polar surface area (TPSA) is 86.4 Å². The quantitative estimate of drug-likeness (QED) is 0.0544. The number of ether oxygens (including phenoxy) is 2. The monoisotopic (exact) mass is 1010 g/mol. The van der Waals surface area contributed by atoms with E-state index in [0.29, 0.717) is 39.5 Å². The van der Waals surface area contributed by atoms with Crippen molar-refractivity contribution < 1.29 is 9.47 Å². The van der Waals surface area contributed by atoms with Gasteiger partial charge in [-0.15, -0.1) is 10.2 Å². The Morgan fingerprint density at radius 1 is 0.472 bits per heavy atom. The molecule has 4 aromatic carbocycles. The van der Waals surface area contributed by atoms with Gasteiger partial charge in [0.1, 0.15) is 11.4 Å². The Labute approximate surface area is 442 Å². The highest BCUT2D eigenvalue weighted by Crippen LogP contribution is 2.46. The maximum atomic E-state index is 6.12. The Balaban J connectivity index is 0.865. The van der Waals surface area contributed by atoms with Crippen molar-refractivity contribution in [1.29, 1.82) is 0 Å². The molecule has 384 valence electrons. The Kier molecular flexibility index (Phi) is 16.9. The Bertz CT molecular complexity index is 2580. The van der Waals surface area contributed by atoms with E-state index in [2.05, 4.69) is 212 Å². The summed E-state index contributed by atoms with van der Waals surface area (Å²) in [5.41, 5.74) is 16.0. The van der Waals surface area contributed by atoms with Crippen LogP contribution < -0.4 is 9.80 Å². The molecule has 0 atom stereocenters. The van der Waals surface area contributed by atoms with Crippen molar-refractivity contribution in [3.63, 3.8) is 0 Å². The Hall–Kier alpha value is -5.40. The van der Waals surface area contributed by atoms with Crippen molar-refractivity contribution in [3.05, 3.63) is 163 Å². The highest BCUT2D eigenvalue weighted by atomic mass is 32.1. The number of rotatable bonds is 20. The number of hydrogen-bond donors (Lipinski definition) is 0. The van der Waals surface area contributed by atoms with Gasteiger partial charge in [-0.3, -0.25) is 0 Å². The highest BCUT2D eigenvalue weighted by molar-refractivity contribution is 7.68. The lowest BCUT2D eigenvalue weighted by atomic mass is 9.79. The molecule has 2 heterocycles. The molecule has 1 aliphatic carbocycles. The predicted molar refractivity (Wildman–Crippen MR) is 302 cm³/mol. The van der Waals surface area contributed by atoms with Crippen LogP contribution in [0.5, 0.6) is 0 Å². The smallest absolute Gasteiger partial charge is 0.108 e. The number of allylic oxidation sites excluding steroid dienone is 2. The van der Waals surface area contributed by atoms with Gasteiger partial charge in [-0.2, -0.15) is 9.81 Å². The van der Waals surface area contributed by atoms with Crippen molar-refractivity contribution >= 4 is 47.8 Å². The van der Waals surface area contributed by atoms with Crippen LogP contribution in [0.4, 0.5) is 11.4 Å². The van der Waals surface area contributed by atoms with E-state index in [9.17, 15) is 0 Å². The van der Waals surface area contributed by atoms with E-state index in [1.54, 1.807) is 0 Å². The lowest BCUT2D eigenvalue weighted by Gasteiger charge is -2.42. The minimum absolute atomic E-state index is 0.0594. The van der Waals surface area contributed by atoms with Crippen LogP contribution in [0.15, 0.2) is 107 Å². The SMILES string of the molecule is CCN(CCOCc1cn(Cc2cc(C(C)(C)C)cc(C(C)(C)C)c2)nn1)c1ccc(C2=C([S-])C(c3ccc(N(CC)CCOCc4cn(Cc5cc(C(C)(C)C)cc(C(C)(C)C)c5)nn4)cc3)=C2[S-])cc1. The van der Waals surface area contributed by atoms with Crippen LogP contribution in [-0.4, -0.2) is 69.4 Å². The summed E-state index contributed by atoms with van der Waals surface area (Å²) in [5, 5.41) is 17.7. The molecule has 0 amide bonds. The van der Waals surface area contributed by atoms with E-state index < -0.39 is 0 Å². The number of nitrogens with zero attached hydrogens (tertiary/aromatic N) is 8. The van der Waals surface area contributed by atoms with E-state index in [1.807, 2.05) is 21.8 Å². The summed E-state index contributed by atoms with van der Waals surface area (Å²) in [6.45, 7) is 38.0. The summed E-state index contributed by atoms with van der Waals surface area (Å²) < 4.78 is 16.1. The van der Waals surface area contributed by atoms with E-state index in [1.165, 1.54) is 33.4 Å². The summed E-state index contributed by atoms with van der Waals surface area (Å²) in [5.74, 6) is 0. The van der Waals surface area contributed by atoms with Crippen LogP contribution in [0, 0.1) is 0 Å². The van der Waals surface area contributed by atoms with Gasteiger partial charge in [0.2, 0.25) is 0 Å². The normalized spacial score (nSPS) is 13.5. The molecule has 1 aliphatic rings. The molecule has 0 fully saturated rings. The number of benzene rings is 4. The van der Waals surface area contributed by atoms with E-state index in [0.717, 1.165) is 81.0 Å². The van der Waals surface area contributed by atoms with Crippen LogP contribution in [-0.2, 0) is 82.7 Å². The highest BCUT2D eigenvalue weighted by Gasteiger charge is 2.23. The summed E-state index contributed by atoms with van der Waals surface area (Å²) >= 11 is 12.0. The molecule has 0 bridgehead atoms. The largest absolute Gasteiger partial charge is 0.779 e. The number of anilines is 2. The molecule has 0 saturated carbocycles. The molecule has 2 aromatic heterocycles. The number of likely N-dealkylation sites (N-methyl/N-ethyl adjacent to an activating group) is 2. The third-order valence-electron chi connectivity index (χ3n) is 13.5. The lowest BCUT2D eigenvalue weighted by molar-refractivity contribution is 0.124. The molecule has 0 saturated heterocycles. The van der Waals surface area contributed by atoms with Gasteiger partial charge in [-0.05, 0) is 104 Å². The van der Waals surface area contributed by atoms with Gasteiger partial charge in [0, 0.05) is 37.6 Å². The summed E-state index contributed by atoms with van der Waals surface area (Å²) in [6, 6.07) is 31.0. The zero-order chi connectivity index (χ0) is 52.2. The van der Waals surface area contributed by atoms with Gasteiger partial charge in [-0.25, -0.2) is 9.36 Å². The zero-order valence-electron chi connectivity index (χ0n) is 45.5. The second-order valence-electron chi connectivity index (χ2n) is 23.4. The van der Waals surface area contributed by atoms with Crippen molar-refractivity contribution in [1.82, 2.24) is 30.0 Å². The summed E-state index contributed by atoms with van der Waals surface area (Å²) in [7, 11) is 0. The van der Waals surface area contributed by atoms with E-state index in [4.69, 9.17) is 34.7 Å². The summed E-state index contributed by atoms with van der Waals surface area (Å²) in [4.78, 5) is 6.26. The Morgan fingerprint density at radius 2 is 0.792 bits per heavy atom. The number of hydrogen-bond acceptors (Lipinski definition) is 10. The van der Waals surface area contributed by atoms with Gasteiger partial charge >= 0.3 is 0 Å². The fourth-order valence-electron chi connectivity index (χ4n) is 8.88. The molecule has 7 rings (SSSR count). The molecule has 0 N–H and O–H groups in total. The zero-order valence-corrected chi connectivity index (χ0v) is 47.2. The fourth-order valence-corrected chi connectivity index (χ4v) is 9.88. The van der Waals surface area contributed by atoms with Gasteiger partial charge in [-0.1, -0.05) is 165 Å². The Morgan fingerprint density at radius 3 is 1.08 bits per heavy atom. The van der Waals surface area contributed by atoms with Crippen LogP contribution in [0.25, 0.3) is 11.1 Å². The molecule has 6 aromatic rings. The standard InChI is InChI=1S/C60H80N8O2S2/c1-15-65(25-27-69-39-49-37-67(63-61-49)35-41-29-45(57(3,4)5)33-46(30-41)58(6,7)8)51-21-17-43(18-22-51)53-55(71)54(56(53)72)44-19-23-52(24-20-44)66(16-2)26-28-70-40-50-38-68(64-62-50)36-42-31-47(59(9,10)11)34-48(32-42)60(12,13)14/h17-24,29-34,37-38,71-72H,15-16,25-28,35-36,39-40H2,1-14H3/p-2. The van der Waals surface area contributed by atoms with Gasteiger partial charge < -0.3 is 44.5 Å². The second-order valence-corrected chi connectivity index (χ2v) is 24.2. The van der Waals surface area contributed by atoms with Crippen molar-refractivity contribution in [2.45, 2.75) is 145 Å². The van der Waals surface area contributed by atoms with Gasteiger partial charge in [0.05, 0.1) is 51.9 Å². The van der Waals surface area contributed by atoms with Gasteiger partial charge in [0.25, 0.3) is 0 Å². The first-order chi connectivity index (χ1) is 33.9. The third kappa shape index (κ3) is 13.6. The lowest BCUT2D eigenvalue weighted by Crippen LogP contribution is -2.27. The molecule has 0 unspecified atom stereocenters. The molecule has 0 radical (unpaired) electrons. The van der Waals surface area contributed by atoms with E-state index in [-0.39, 0.29) is 21.7 Å². The van der Waals surface area contributed by atoms with Crippen LogP contribution in [0.3, 0.4) is 0 Å². The first kappa shape index (κ1) is 54.4. The van der Waals surface area contributed by atoms with Crippen molar-refractivity contribution in [2.24, 2.45) is 0 Å². The number of aromatic nitrogens is 6. The average Bonchev–Trinajstić information content (AvgIpc) is 3.97. The maximum absolute atomic E-state index is 6.12. The first-order valence-corrected chi connectivity index (χ1v) is 26.5. The van der Waals surface area contributed by atoms with Crippen LogP contribution in [0.2, 0.25) is 0 Å². The molecule has 0 aliphatic heterocycles. The van der Waals surface area contributed by atoms with Crippen LogP contribution in [0.1, 0.15) is 153 Å². The molecule has 12 heteroatoms. The molecular weight excluding hydrogens is 929 g/mol. The molecular formula is C60H78N8O2S2-2. The summed E-state index contributed by atoms with van der Waals surface area (Å²) in [6.07, 6.45) is 3.99. The average molecular weight is 1010 g/mol. The van der Waals surface area contributed by atoms with Crippen LogP contribution >= 0.6 is 0 Å². The molecule has 72 heavy (non-hydrogen) atoms. The fraction of sp³-hybridized carbons (Fsp3) is 0.467. The van der Waals surface area contributed by atoms with E-state index >= 15 is 0 Å². The minimum atomic E-state index is 0.0594. The predicted octanol–water partition coefficient (Wildman–Crippen LogP) is 12.5. The van der Waals surface area contributed by atoms with Gasteiger partial charge in [0.15, 0.2) is 0 Å². The third-order valence-corrected chi connectivity index (χ3v) is 14.4. The molecule has 10 nitrogen and oxygen atoms in total.